The van der Waals surface area contributed by atoms with Crippen molar-refractivity contribution in [3.05, 3.63) is 40.7 Å². The number of nitrogens with one attached hydrogen (secondary N) is 2. The van der Waals surface area contributed by atoms with Crippen LogP contribution < -0.4 is 5.32 Å². The standard InChI is InChI=1S/C17H21ClN4/c18-13-3-1-12(2-4-13)17-20-15-7-10-22(11-16(15)21-17)14-5-8-19-9-6-14/h1-4,14,19H,5-11H2,(H,20,21). The molecule has 4 nitrogen and oxygen atoms in total. The lowest BCUT2D eigenvalue weighted by Gasteiger charge is -2.36. The minimum absolute atomic E-state index is 0.719. The summed E-state index contributed by atoms with van der Waals surface area (Å²) in [5.74, 6) is 0.967. The van der Waals surface area contributed by atoms with Crippen molar-refractivity contribution in [1.82, 2.24) is 20.2 Å². The molecule has 1 saturated heterocycles. The number of hydrogen-bond donors (Lipinski definition) is 2. The monoisotopic (exact) mass is 316 g/mol. The fraction of sp³-hybridized carbons (Fsp3) is 0.471. The van der Waals surface area contributed by atoms with E-state index in [1.165, 1.54) is 24.2 Å². The Labute approximate surface area is 135 Å². The minimum atomic E-state index is 0.719. The molecule has 1 aromatic carbocycles. The third-order valence-electron chi connectivity index (χ3n) is 4.80. The van der Waals surface area contributed by atoms with Crippen molar-refractivity contribution < 1.29 is 0 Å². The minimum Gasteiger partial charge on any atom is -0.341 e. The molecular formula is C17H21ClN4. The van der Waals surface area contributed by atoms with Gasteiger partial charge in [0, 0.05) is 36.1 Å². The number of aromatic amines is 1. The van der Waals surface area contributed by atoms with Crippen LogP contribution in [0.15, 0.2) is 24.3 Å². The van der Waals surface area contributed by atoms with Gasteiger partial charge in [-0.05, 0) is 50.2 Å². The molecule has 2 aliphatic heterocycles. The van der Waals surface area contributed by atoms with E-state index in [0.29, 0.717) is 0 Å². The maximum atomic E-state index is 5.96. The van der Waals surface area contributed by atoms with Crippen LogP contribution in [0.25, 0.3) is 11.4 Å². The molecule has 0 saturated carbocycles. The van der Waals surface area contributed by atoms with Gasteiger partial charge in [0.25, 0.3) is 0 Å². The number of benzene rings is 1. The van der Waals surface area contributed by atoms with Crippen molar-refractivity contribution in [2.24, 2.45) is 0 Å². The van der Waals surface area contributed by atoms with Gasteiger partial charge in [0.2, 0.25) is 0 Å². The number of H-pyrrole nitrogens is 1. The van der Waals surface area contributed by atoms with Crippen LogP contribution in [0.4, 0.5) is 0 Å². The number of rotatable bonds is 2. The molecule has 1 aromatic heterocycles. The fourth-order valence-corrected chi connectivity index (χ4v) is 3.67. The van der Waals surface area contributed by atoms with Gasteiger partial charge in [0.1, 0.15) is 5.82 Å². The molecule has 1 fully saturated rings. The molecule has 0 aliphatic carbocycles. The highest BCUT2D eigenvalue weighted by Crippen LogP contribution is 2.26. The van der Waals surface area contributed by atoms with E-state index < -0.39 is 0 Å². The van der Waals surface area contributed by atoms with Gasteiger partial charge in [-0.1, -0.05) is 11.6 Å². The number of nitrogens with zero attached hydrogens (tertiary/aromatic N) is 2. The molecule has 4 rings (SSSR count). The Kier molecular flexibility index (Phi) is 3.90. The van der Waals surface area contributed by atoms with E-state index in [-0.39, 0.29) is 0 Å². The lowest BCUT2D eigenvalue weighted by molar-refractivity contribution is 0.145. The second-order valence-electron chi connectivity index (χ2n) is 6.22. The molecule has 22 heavy (non-hydrogen) atoms. The third kappa shape index (κ3) is 2.78. The second-order valence-corrected chi connectivity index (χ2v) is 6.66. The van der Waals surface area contributed by atoms with Gasteiger partial charge in [0.15, 0.2) is 0 Å². The van der Waals surface area contributed by atoms with E-state index in [2.05, 4.69) is 15.2 Å². The summed E-state index contributed by atoms with van der Waals surface area (Å²) < 4.78 is 0. The highest BCUT2D eigenvalue weighted by molar-refractivity contribution is 6.30. The highest BCUT2D eigenvalue weighted by atomic mass is 35.5. The predicted octanol–water partition coefficient (Wildman–Crippen LogP) is 2.84. The van der Waals surface area contributed by atoms with Crippen LogP contribution in [0.5, 0.6) is 0 Å². The summed E-state index contributed by atoms with van der Waals surface area (Å²) in [4.78, 5) is 10.9. The first-order valence-corrected chi connectivity index (χ1v) is 8.46. The van der Waals surface area contributed by atoms with Gasteiger partial charge < -0.3 is 10.3 Å². The molecule has 0 unspecified atom stereocenters. The molecule has 0 bridgehead atoms. The summed E-state index contributed by atoms with van der Waals surface area (Å²) >= 11 is 5.96. The molecule has 5 heteroatoms. The van der Waals surface area contributed by atoms with Crippen LogP contribution in [0, 0.1) is 0 Å². The second kappa shape index (κ2) is 6.03. The van der Waals surface area contributed by atoms with E-state index in [1.54, 1.807) is 0 Å². The van der Waals surface area contributed by atoms with Crippen LogP contribution in [0.2, 0.25) is 5.02 Å². The van der Waals surface area contributed by atoms with Crippen molar-refractivity contribution >= 4 is 11.6 Å². The molecule has 3 heterocycles. The van der Waals surface area contributed by atoms with Crippen molar-refractivity contribution in [2.75, 3.05) is 19.6 Å². The number of fused-ring (bicyclic) bond motifs is 1. The molecule has 2 aliphatic rings. The Bertz CT molecular complexity index is 643. The Hall–Kier alpha value is -1.36. The number of aromatic nitrogens is 2. The van der Waals surface area contributed by atoms with E-state index in [1.807, 2.05) is 24.3 Å². The zero-order valence-corrected chi connectivity index (χ0v) is 13.4. The molecular weight excluding hydrogens is 296 g/mol. The Balaban J connectivity index is 1.54. The zero-order valence-electron chi connectivity index (χ0n) is 12.6. The molecule has 0 radical (unpaired) electrons. The maximum absolute atomic E-state index is 5.96. The summed E-state index contributed by atoms with van der Waals surface area (Å²) in [6.45, 7) is 4.42. The molecule has 0 amide bonds. The summed E-state index contributed by atoms with van der Waals surface area (Å²) in [6.07, 6.45) is 3.56. The first kappa shape index (κ1) is 14.2. The van der Waals surface area contributed by atoms with Crippen LogP contribution in [-0.2, 0) is 13.0 Å². The summed E-state index contributed by atoms with van der Waals surface area (Å²) in [6, 6.07) is 8.60. The van der Waals surface area contributed by atoms with Gasteiger partial charge in [0.05, 0.1) is 11.4 Å². The zero-order chi connectivity index (χ0) is 14.9. The average molecular weight is 317 g/mol. The smallest absolute Gasteiger partial charge is 0.137 e. The number of imidazole rings is 1. The maximum Gasteiger partial charge on any atom is 0.137 e. The Morgan fingerprint density at radius 2 is 1.91 bits per heavy atom. The van der Waals surface area contributed by atoms with Gasteiger partial charge in [-0.2, -0.15) is 0 Å². The molecule has 2 aromatic rings. The molecule has 2 N–H and O–H groups in total. The van der Waals surface area contributed by atoms with Gasteiger partial charge in [-0.25, -0.2) is 4.98 Å². The lowest BCUT2D eigenvalue weighted by Crippen LogP contribution is -2.45. The summed E-state index contributed by atoms with van der Waals surface area (Å²) in [5, 5.41) is 4.21. The van der Waals surface area contributed by atoms with Crippen molar-refractivity contribution in [2.45, 2.75) is 31.8 Å². The fourth-order valence-electron chi connectivity index (χ4n) is 3.54. The lowest BCUT2D eigenvalue weighted by atomic mass is 10.0. The normalized spacial score (nSPS) is 20.0. The predicted molar refractivity (Wildman–Crippen MR) is 89.0 cm³/mol. The van der Waals surface area contributed by atoms with Crippen LogP contribution in [0.3, 0.4) is 0 Å². The van der Waals surface area contributed by atoms with E-state index in [4.69, 9.17) is 16.6 Å². The first-order chi connectivity index (χ1) is 10.8. The summed E-state index contributed by atoms with van der Waals surface area (Å²) in [7, 11) is 0. The topological polar surface area (TPSA) is 44.0 Å². The Morgan fingerprint density at radius 3 is 2.68 bits per heavy atom. The molecule has 0 atom stereocenters. The van der Waals surface area contributed by atoms with E-state index in [0.717, 1.165) is 55.1 Å². The number of halogens is 1. The van der Waals surface area contributed by atoms with Gasteiger partial charge in [-0.3, -0.25) is 4.90 Å². The molecule has 116 valence electrons. The van der Waals surface area contributed by atoms with Crippen LogP contribution >= 0.6 is 11.6 Å². The largest absolute Gasteiger partial charge is 0.341 e. The quantitative estimate of drug-likeness (QED) is 0.895. The van der Waals surface area contributed by atoms with Crippen LogP contribution in [-0.4, -0.2) is 40.5 Å². The van der Waals surface area contributed by atoms with Crippen LogP contribution in [0.1, 0.15) is 24.2 Å². The SMILES string of the molecule is Clc1ccc(-c2nc3c([nH]2)CN(C2CCNCC2)CC3)cc1. The van der Waals surface area contributed by atoms with Crippen molar-refractivity contribution in [3.63, 3.8) is 0 Å². The van der Waals surface area contributed by atoms with Gasteiger partial charge >= 0.3 is 0 Å². The summed E-state index contributed by atoms with van der Waals surface area (Å²) in [5.41, 5.74) is 3.62. The highest BCUT2D eigenvalue weighted by Gasteiger charge is 2.26. The first-order valence-electron chi connectivity index (χ1n) is 8.08. The number of piperidine rings is 1. The van der Waals surface area contributed by atoms with E-state index >= 15 is 0 Å². The molecule has 0 spiro atoms. The van der Waals surface area contributed by atoms with E-state index in [9.17, 15) is 0 Å². The van der Waals surface area contributed by atoms with Crippen molar-refractivity contribution in [3.8, 4) is 11.4 Å². The third-order valence-corrected chi connectivity index (χ3v) is 5.06. The Morgan fingerprint density at radius 1 is 1.14 bits per heavy atom. The average Bonchev–Trinajstić information content (AvgIpc) is 2.99. The van der Waals surface area contributed by atoms with Crippen molar-refractivity contribution in [1.29, 1.82) is 0 Å². The van der Waals surface area contributed by atoms with Gasteiger partial charge in [-0.15, -0.1) is 0 Å². The number of hydrogen-bond acceptors (Lipinski definition) is 3.